The number of rotatable bonds is 3. The van der Waals surface area contributed by atoms with E-state index >= 15 is 0 Å². The molecule has 1 heterocycles. The molecule has 0 spiro atoms. The first-order chi connectivity index (χ1) is 6.22. The van der Waals surface area contributed by atoms with E-state index in [1.54, 1.807) is 0 Å². The molecule has 0 aromatic rings. The van der Waals surface area contributed by atoms with Gasteiger partial charge in [0.1, 0.15) is 5.60 Å². The van der Waals surface area contributed by atoms with Crippen LogP contribution in [0.25, 0.3) is 0 Å². The zero-order valence-corrected chi connectivity index (χ0v) is 9.85. The van der Waals surface area contributed by atoms with E-state index in [0.717, 1.165) is 0 Å². The molecule has 0 saturated carbocycles. The standard InChI is InChI=1S/C11H21O3/c1-7-12-8-11(6)9(2,3)13-10(4,5)14-11/h1,7-8H2,2-6H3/t11-/m0/s1. The second-order valence-electron chi connectivity index (χ2n) is 4.90. The zero-order chi connectivity index (χ0) is 11.0. The quantitative estimate of drug-likeness (QED) is 0.700. The monoisotopic (exact) mass is 201 g/mol. The van der Waals surface area contributed by atoms with Gasteiger partial charge in [-0.3, -0.25) is 0 Å². The van der Waals surface area contributed by atoms with Gasteiger partial charge in [0, 0.05) is 6.61 Å². The molecule has 1 fully saturated rings. The van der Waals surface area contributed by atoms with Crippen molar-refractivity contribution in [3.8, 4) is 0 Å². The van der Waals surface area contributed by atoms with Crippen LogP contribution in [0.4, 0.5) is 0 Å². The van der Waals surface area contributed by atoms with Crippen molar-refractivity contribution in [2.75, 3.05) is 13.2 Å². The van der Waals surface area contributed by atoms with Crippen LogP contribution in [-0.2, 0) is 14.2 Å². The fourth-order valence-electron chi connectivity index (χ4n) is 1.88. The summed E-state index contributed by atoms with van der Waals surface area (Å²) < 4.78 is 17.0. The third-order valence-corrected chi connectivity index (χ3v) is 2.77. The molecule has 1 saturated heterocycles. The maximum atomic E-state index is 5.88. The highest BCUT2D eigenvalue weighted by Gasteiger charge is 2.55. The van der Waals surface area contributed by atoms with Crippen molar-refractivity contribution in [2.24, 2.45) is 0 Å². The van der Waals surface area contributed by atoms with E-state index in [1.807, 2.05) is 34.6 Å². The Bertz CT molecular complexity index is 211. The molecule has 0 amide bonds. The Hall–Kier alpha value is -0.120. The molecule has 14 heavy (non-hydrogen) atoms. The molecule has 0 bridgehead atoms. The van der Waals surface area contributed by atoms with Crippen molar-refractivity contribution in [3.05, 3.63) is 6.92 Å². The molecule has 83 valence electrons. The van der Waals surface area contributed by atoms with Crippen molar-refractivity contribution < 1.29 is 14.2 Å². The maximum absolute atomic E-state index is 5.88. The molecule has 1 radical (unpaired) electrons. The molecule has 1 rings (SSSR count). The average molecular weight is 201 g/mol. The van der Waals surface area contributed by atoms with Crippen LogP contribution in [-0.4, -0.2) is 30.2 Å². The highest BCUT2D eigenvalue weighted by Crippen LogP contribution is 2.43. The summed E-state index contributed by atoms with van der Waals surface area (Å²) >= 11 is 0. The van der Waals surface area contributed by atoms with E-state index < -0.39 is 11.4 Å². The van der Waals surface area contributed by atoms with Gasteiger partial charge in [-0.05, 0) is 41.5 Å². The van der Waals surface area contributed by atoms with E-state index in [9.17, 15) is 0 Å². The van der Waals surface area contributed by atoms with E-state index in [1.165, 1.54) is 0 Å². The summed E-state index contributed by atoms with van der Waals surface area (Å²) in [5.41, 5.74) is -0.750. The Balaban J connectivity index is 2.77. The van der Waals surface area contributed by atoms with Gasteiger partial charge >= 0.3 is 0 Å². The van der Waals surface area contributed by atoms with Crippen molar-refractivity contribution in [1.29, 1.82) is 0 Å². The summed E-state index contributed by atoms with van der Waals surface area (Å²) in [7, 11) is 0. The minimum atomic E-state index is -0.539. The minimum Gasteiger partial charge on any atom is -0.378 e. The highest BCUT2D eigenvalue weighted by atomic mass is 16.8. The lowest BCUT2D eigenvalue weighted by Gasteiger charge is -2.34. The van der Waals surface area contributed by atoms with Gasteiger partial charge in [-0.2, -0.15) is 0 Å². The lowest BCUT2D eigenvalue weighted by atomic mass is 9.89. The highest BCUT2D eigenvalue weighted by molar-refractivity contribution is 5.00. The van der Waals surface area contributed by atoms with Crippen molar-refractivity contribution in [1.82, 2.24) is 0 Å². The third kappa shape index (κ3) is 2.10. The molecule has 1 aliphatic heterocycles. The van der Waals surface area contributed by atoms with E-state index in [2.05, 4.69) is 6.92 Å². The Labute approximate surface area is 86.7 Å². The summed E-state index contributed by atoms with van der Waals surface area (Å²) in [6.07, 6.45) is 0. The normalized spacial score (nSPS) is 34.7. The van der Waals surface area contributed by atoms with Crippen LogP contribution >= 0.6 is 0 Å². The molecular weight excluding hydrogens is 180 g/mol. The topological polar surface area (TPSA) is 27.7 Å². The molecular formula is C11H21O3. The second-order valence-corrected chi connectivity index (χ2v) is 4.90. The van der Waals surface area contributed by atoms with Gasteiger partial charge in [-0.25, -0.2) is 0 Å². The van der Waals surface area contributed by atoms with Crippen LogP contribution in [0.3, 0.4) is 0 Å². The summed E-state index contributed by atoms with van der Waals surface area (Å²) in [5.74, 6) is -0.539. The summed E-state index contributed by atoms with van der Waals surface area (Å²) in [6, 6.07) is 0. The summed E-state index contributed by atoms with van der Waals surface area (Å²) in [5, 5.41) is 0. The average Bonchev–Trinajstić information content (AvgIpc) is 2.12. The number of hydrogen-bond donors (Lipinski definition) is 0. The Morgan fingerprint density at radius 2 is 1.64 bits per heavy atom. The molecule has 3 heteroatoms. The molecule has 3 nitrogen and oxygen atoms in total. The first kappa shape index (κ1) is 12.0. The molecule has 0 N–H and O–H groups in total. The lowest BCUT2D eigenvalue weighted by molar-refractivity contribution is -0.171. The summed E-state index contributed by atoms with van der Waals surface area (Å²) in [6.45, 7) is 14.5. The van der Waals surface area contributed by atoms with Gasteiger partial charge < -0.3 is 14.2 Å². The number of ether oxygens (including phenoxy) is 3. The van der Waals surface area contributed by atoms with Crippen molar-refractivity contribution >= 4 is 0 Å². The van der Waals surface area contributed by atoms with Crippen molar-refractivity contribution in [2.45, 2.75) is 51.6 Å². The largest absolute Gasteiger partial charge is 0.378 e. The van der Waals surface area contributed by atoms with Crippen LogP contribution < -0.4 is 0 Å². The van der Waals surface area contributed by atoms with Crippen LogP contribution in [0.15, 0.2) is 0 Å². The predicted molar refractivity (Wildman–Crippen MR) is 54.9 cm³/mol. The van der Waals surface area contributed by atoms with Gasteiger partial charge in [0.25, 0.3) is 0 Å². The van der Waals surface area contributed by atoms with Gasteiger partial charge in [-0.15, -0.1) is 0 Å². The third-order valence-electron chi connectivity index (χ3n) is 2.77. The number of hydrogen-bond acceptors (Lipinski definition) is 3. The second kappa shape index (κ2) is 3.47. The summed E-state index contributed by atoms with van der Waals surface area (Å²) in [4.78, 5) is 0. The maximum Gasteiger partial charge on any atom is 0.164 e. The zero-order valence-electron chi connectivity index (χ0n) is 9.85. The van der Waals surface area contributed by atoms with E-state index in [-0.39, 0.29) is 5.60 Å². The SMILES string of the molecule is [CH2]COC[C@]1(C)OC(C)(C)OC1(C)C. The molecule has 0 aromatic heterocycles. The smallest absolute Gasteiger partial charge is 0.164 e. The molecule has 0 aliphatic carbocycles. The first-order valence-electron chi connectivity index (χ1n) is 5.00. The Kier molecular flexibility index (Phi) is 2.96. The van der Waals surface area contributed by atoms with Gasteiger partial charge in [0.15, 0.2) is 5.79 Å². The van der Waals surface area contributed by atoms with E-state index in [4.69, 9.17) is 14.2 Å². The van der Waals surface area contributed by atoms with Crippen LogP contribution in [0.1, 0.15) is 34.6 Å². The van der Waals surface area contributed by atoms with Crippen LogP contribution in [0.5, 0.6) is 0 Å². The molecule has 1 aliphatic rings. The van der Waals surface area contributed by atoms with E-state index in [0.29, 0.717) is 13.2 Å². The molecule has 1 atom stereocenters. The minimum absolute atomic E-state index is 0.342. The van der Waals surface area contributed by atoms with Crippen molar-refractivity contribution in [3.63, 3.8) is 0 Å². The first-order valence-corrected chi connectivity index (χ1v) is 5.00. The molecule has 0 aromatic carbocycles. The fraction of sp³-hybridized carbons (Fsp3) is 0.909. The van der Waals surface area contributed by atoms with Crippen LogP contribution in [0, 0.1) is 6.92 Å². The lowest BCUT2D eigenvalue weighted by Crippen LogP contribution is -2.48. The van der Waals surface area contributed by atoms with Gasteiger partial charge in [0.05, 0.1) is 12.2 Å². The van der Waals surface area contributed by atoms with Gasteiger partial charge in [-0.1, -0.05) is 0 Å². The Morgan fingerprint density at radius 3 is 2.00 bits per heavy atom. The fourth-order valence-corrected chi connectivity index (χ4v) is 1.88. The molecule has 0 unspecified atom stereocenters. The predicted octanol–water partition coefficient (Wildman–Crippen LogP) is 2.16. The Morgan fingerprint density at radius 1 is 1.07 bits per heavy atom. The van der Waals surface area contributed by atoms with Gasteiger partial charge in [0.2, 0.25) is 0 Å². The van der Waals surface area contributed by atoms with Crippen LogP contribution in [0.2, 0.25) is 0 Å².